The lowest BCUT2D eigenvalue weighted by Crippen LogP contribution is -2.26. The average molecular weight is 392 g/mol. The zero-order valence-corrected chi connectivity index (χ0v) is 16.9. The molecule has 29 heavy (non-hydrogen) atoms. The van der Waals surface area contributed by atoms with Crippen molar-refractivity contribution in [2.45, 2.75) is 57.6 Å². The lowest BCUT2D eigenvalue weighted by molar-refractivity contribution is 0.0894. The lowest BCUT2D eigenvalue weighted by Gasteiger charge is -2.23. The summed E-state index contributed by atoms with van der Waals surface area (Å²) in [7, 11) is 0. The van der Waals surface area contributed by atoms with E-state index in [1.54, 1.807) is 12.1 Å². The van der Waals surface area contributed by atoms with E-state index in [0.717, 1.165) is 29.7 Å². The highest BCUT2D eigenvalue weighted by Gasteiger charge is 2.23. The number of ether oxygens (including phenoxy) is 1. The summed E-state index contributed by atoms with van der Waals surface area (Å²) in [6.45, 7) is 2.07. The first kappa shape index (κ1) is 19.6. The van der Waals surface area contributed by atoms with Crippen LogP contribution in [0.1, 0.15) is 61.1 Å². The molecule has 1 aliphatic rings. The molecule has 5 nitrogen and oxygen atoms in total. The number of hydrogen-bond acceptors (Lipinski definition) is 4. The molecule has 3 aromatic rings. The number of carbonyl (C=O) groups is 1. The second kappa shape index (κ2) is 8.78. The number of para-hydroxylation sites is 3. The zero-order valence-electron chi connectivity index (χ0n) is 16.9. The summed E-state index contributed by atoms with van der Waals surface area (Å²) >= 11 is 0. The molecule has 0 amide bonds. The van der Waals surface area contributed by atoms with Crippen molar-refractivity contribution < 1.29 is 14.6 Å². The summed E-state index contributed by atoms with van der Waals surface area (Å²) in [6.07, 6.45) is 5.38. The quantitative estimate of drug-likeness (QED) is 0.591. The number of aromatic nitrogens is 2. The number of aliphatic hydroxyl groups excluding tert-OH is 1. The van der Waals surface area contributed by atoms with Crippen LogP contribution in [0.3, 0.4) is 0 Å². The minimum Gasteiger partial charge on any atom is -0.490 e. The maximum absolute atomic E-state index is 11.8. The Labute approximate surface area is 171 Å². The van der Waals surface area contributed by atoms with Crippen LogP contribution in [0.4, 0.5) is 0 Å². The number of nitrogens with zero attached hydrogens (tertiary/aromatic N) is 2. The Morgan fingerprint density at radius 2 is 1.86 bits per heavy atom. The maximum Gasteiger partial charge on any atom is 0.163 e. The van der Waals surface area contributed by atoms with Gasteiger partial charge in [0, 0.05) is 5.92 Å². The van der Waals surface area contributed by atoms with E-state index in [-0.39, 0.29) is 12.4 Å². The zero-order chi connectivity index (χ0) is 20.2. The van der Waals surface area contributed by atoms with Crippen LogP contribution in [0.2, 0.25) is 0 Å². The van der Waals surface area contributed by atoms with Gasteiger partial charge in [-0.2, -0.15) is 0 Å². The van der Waals surface area contributed by atoms with Gasteiger partial charge in [0.05, 0.1) is 23.1 Å². The number of aliphatic hydroxyl groups is 1. The maximum atomic E-state index is 11.8. The number of fused-ring (bicyclic) bond motifs is 1. The van der Waals surface area contributed by atoms with Gasteiger partial charge < -0.3 is 14.4 Å². The minimum atomic E-state index is -0.699. The third-order valence-corrected chi connectivity index (χ3v) is 5.75. The summed E-state index contributed by atoms with van der Waals surface area (Å²) in [5.41, 5.74) is 2.56. The van der Waals surface area contributed by atoms with Gasteiger partial charge in [-0.15, -0.1) is 0 Å². The Balaban J connectivity index is 1.53. The topological polar surface area (TPSA) is 64.3 Å². The van der Waals surface area contributed by atoms with Crippen molar-refractivity contribution in [1.82, 2.24) is 9.55 Å². The third kappa shape index (κ3) is 4.35. The van der Waals surface area contributed by atoms with Gasteiger partial charge >= 0.3 is 0 Å². The normalized spacial score (nSPS) is 16.1. The van der Waals surface area contributed by atoms with E-state index in [1.165, 1.54) is 26.2 Å². The van der Waals surface area contributed by atoms with Gasteiger partial charge in [-0.1, -0.05) is 43.5 Å². The Morgan fingerprint density at radius 1 is 1.14 bits per heavy atom. The van der Waals surface area contributed by atoms with Crippen LogP contribution in [-0.4, -0.2) is 33.2 Å². The van der Waals surface area contributed by atoms with Crippen molar-refractivity contribution in [3.05, 3.63) is 59.9 Å². The number of benzene rings is 2. The summed E-state index contributed by atoms with van der Waals surface area (Å²) in [5, 5.41) is 10.7. The molecule has 0 bridgehead atoms. The molecule has 1 saturated carbocycles. The van der Waals surface area contributed by atoms with Gasteiger partial charge in [0.1, 0.15) is 24.3 Å². The molecule has 1 fully saturated rings. The number of carbonyl (C=O) groups excluding carboxylic acids is 1. The van der Waals surface area contributed by atoms with Crippen molar-refractivity contribution in [1.29, 1.82) is 0 Å². The fraction of sp³-hybridized carbons (Fsp3) is 0.417. The summed E-state index contributed by atoms with van der Waals surface area (Å²) in [4.78, 5) is 16.7. The highest BCUT2D eigenvalue weighted by molar-refractivity contribution is 5.96. The predicted molar refractivity (Wildman–Crippen MR) is 114 cm³/mol. The molecule has 5 heteroatoms. The van der Waals surface area contributed by atoms with Crippen LogP contribution in [-0.2, 0) is 6.54 Å². The highest BCUT2D eigenvalue weighted by atomic mass is 16.5. The number of Topliss-reactive ketones (excluding diaryl/α,β-unsaturated/α-hetero) is 1. The van der Waals surface area contributed by atoms with E-state index in [2.05, 4.69) is 10.6 Å². The van der Waals surface area contributed by atoms with E-state index in [4.69, 9.17) is 9.72 Å². The number of ketones is 1. The minimum absolute atomic E-state index is 0.0460. The van der Waals surface area contributed by atoms with Crippen molar-refractivity contribution in [2.24, 2.45) is 0 Å². The monoisotopic (exact) mass is 392 g/mol. The number of imidazole rings is 1. The first-order chi connectivity index (χ1) is 14.1. The third-order valence-electron chi connectivity index (χ3n) is 5.75. The summed E-state index contributed by atoms with van der Waals surface area (Å²) in [6, 6.07) is 15.3. The lowest BCUT2D eigenvalue weighted by atomic mass is 9.88. The molecule has 0 saturated heterocycles. The molecule has 1 atom stereocenters. The predicted octanol–water partition coefficient (Wildman–Crippen LogP) is 4.73. The van der Waals surface area contributed by atoms with Gasteiger partial charge in [-0.25, -0.2) is 4.98 Å². The first-order valence-electron chi connectivity index (χ1n) is 10.5. The van der Waals surface area contributed by atoms with E-state index in [0.29, 0.717) is 23.8 Å². The Kier molecular flexibility index (Phi) is 5.95. The molecule has 1 aromatic heterocycles. The van der Waals surface area contributed by atoms with Gasteiger partial charge in [-0.3, -0.25) is 4.79 Å². The van der Waals surface area contributed by atoms with Crippen LogP contribution in [0.25, 0.3) is 11.0 Å². The van der Waals surface area contributed by atoms with E-state index in [9.17, 15) is 9.90 Å². The largest absolute Gasteiger partial charge is 0.490 e. The summed E-state index contributed by atoms with van der Waals surface area (Å²) in [5.74, 6) is 1.99. The van der Waals surface area contributed by atoms with Gasteiger partial charge in [0.15, 0.2) is 5.78 Å². The second-order valence-corrected chi connectivity index (χ2v) is 7.92. The van der Waals surface area contributed by atoms with Crippen molar-refractivity contribution >= 4 is 16.8 Å². The van der Waals surface area contributed by atoms with Crippen LogP contribution >= 0.6 is 0 Å². The highest BCUT2D eigenvalue weighted by Crippen LogP contribution is 2.34. The molecule has 0 radical (unpaired) electrons. The summed E-state index contributed by atoms with van der Waals surface area (Å²) < 4.78 is 7.96. The first-order valence-corrected chi connectivity index (χ1v) is 10.5. The van der Waals surface area contributed by atoms with Gasteiger partial charge in [0.25, 0.3) is 0 Å². The molecule has 1 heterocycles. The van der Waals surface area contributed by atoms with Crippen molar-refractivity contribution in [3.8, 4) is 5.75 Å². The van der Waals surface area contributed by atoms with Crippen LogP contribution in [0, 0.1) is 0 Å². The molecule has 0 spiro atoms. The molecule has 1 aliphatic carbocycles. The molecule has 0 aliphatic heterocycles. The smallest absolute Gasteiger partial charge is 0.163 e. The average Bonchev–Trinajstić information content (AvgIpc) is 3.11. The molecule has 152 valence electrons. The van der Waals surface area contributed by atoms with Crippen LogP contribution in [0.15, 0.2) is 48.5 Å². The van der Waals surface area contributed by atoms with Crippen LogP contribution < -0.4 is 4.74 Å². The Hall–Kier alpha value is -2.66. The number of rotatable bonds is 7. The van der Waals surface area contributed by atoms with E-state index >= 15 is 0 Å². The van der Waals surface area contributed by atoms with Crippen molar-refractivity contribution in [2.75, 3.05) is 6.61 Å². The molecular formula is C24H28N2O3. The van der Waals surface area contributed by atoms with Gasteiger partial charge in [-0.05, 0) is 44.0 Å². The van der Waals surface area contributed by atoms with Gasteiger partial charge in [0.2, 0.25) is 0 Å². The molecule has 1 unspecified atom stereocenters. The second-order valence-electron chi connectivity index (χ2n) is 7.92. The van der Waals surface area contributed by atoms with E-state index in [1.807, 2.05) is 30.3 Å². The van der Waals surface area contributed by atoms with Crippen molar-refractivity contribution in [3.63, 3.8) is 0 Å². The fourth-order valence-electron chi connectivity index (χ4n) is 4.29. The Bertz CT molecular complexity index is 989. The molecule has 4 rings (SSSR count). The van der Waals surface area contributed by atoms with Crippen LogP contribution in [0.5, 0.6) is 5.75 Å². The Morgan fingerprint density at radius 3 is 2.66 bits per heavy atom. The molecule has 1 N–H and O–H groups in total. The van der Waals surface area contributed by atoms with E-state index < -0.39 is 6.10 Å². The molecular weight excluding hydrogens is 364 g/mol. The standard InChI is InChI=1S/C24H28N2O3/c1-17(27)20-11-5-8-14-23(20)29-16-19(28)15-26-22-13-7-6-12-21(22)25-24(26)18-9-3-2-4-10-18/h5-8,11-14,18-19,28H,2-4,9-10,15-16H2,1H3. The SMILES string of the molecule is CC(=O)c1ccccc1OCC(O)Cn1c(C2CCCCC2)nc2ccccc21. The number of hydrogen-bond donors (Lipinski definition) is 1. The molecule has 2 aromatic carbocycles. The fourth-order valence-corrected chi connectivity index (χ4v) is 4.29.